The molecule has 3 aromatic rings. The Morgan fingerprint density at radius 3 is 2.69 bits per heavy atom. The summed E-state index contributed by atoms with van der Waals surface area (Å²) in [6.45, 7) is 0. The van der Waals surface area contributed by atoms with E-state index in [0.29, 0.717) is 29.6 Å². The van der Waals surface area contributed by atoms with E-state index in [9.17, 15) is 0 Å². The number of methoxy groups -OCH3 is 2. The Labute approximate surface area is 155 Å². The molecular formula is C18H20N4O3S. The molecule has 0 spiro atoms. The Balaban J connectivity index is 1.51. The molecule has 7 nitrogen and oxygen atoms in total. The molecule has 0 amide bonds. The van der Waals surface area contributed by atoms with E-state index < -0.39 is 5.54 Å². The van der Waals surface area contributed by atoms with Crippen molar-refractivity contribution in [2.45, 2.75) is 31.2 Å². The van der Waals surface area contributed by atoms with Gasteiger partial charge in [-0.05, 0) is 37.5 Å². The largest absolute Gasteiger partial charge is 0.493 e. The van der Waals surface area contributed by atoms with Crippen LogP contribution in [-0.2, 0) is 12.0 Å². The molecular weight excluding hydrogens is 352 g/mol. The summed E-state index contributed by atoms with van der Waals surface area (Å²) in [5.41, 5.74) is 7.69. The minimum atomic E-state index is -0.408. The summed E-state index contributed by atoms with van der Waals surface area (Å²) in [5, 5.41) is 6.94. The minimum absolute atomic E-state index is 0.408. The van der Waals surface area contributed by atoms with Gasteiger partial charge in [0.25, 0.3) is 0 Å². The van der Waals surface area contributed by atoms with Gasteiger partial charge in [-0.1, -0.05) is 5.16 Å². The lowest BCUT2D eigenvalue weighted by Gasteiger charge is -2.34. The first-order chi connectivity index (χ1) is 12.6. The summed E-state index contributed by atoms with van der Waals surface area (Å²) in [6.07, 6.45) is 3.42. The Bertz CT molecular complexity index is 917. The molecule has 1 fully saturated rings. The SMILES string of the molecule is COc1ccc(-c2nc(Cc3nc(C4(N)CCC4)no3)cs2)cc1OC. The second-order valence-corrected chi connectivity index (χ2v) is 7.27. The monoisotopic (exact) mass is 372 g/mol. The highest BCUT2D eigenvalue weighted by Crippen LogP contribution is 2.37. The number of nitrogens with two attached hydrogens (primary N) is 1. The summed E-state index contributed by atoms with van der Waals surface area (Å²) < 4.78 is 16.0. The van der Waals surface area contributed by atoms with Crippen LogP contribution in [0.2, 0.25) is 0 Å². The molecule has 0 unspecified atom stereocenters. The first kappa shape index (κ1) is 17.0. The molecule has 0 atom stereocenters. The van der Waals surface area contributed by atoms with E-state index in [2.05, 4.69) is 15.1 Å². The highest BCUT2D eigenvalue weighted by atomic mass is 32.1. The predicted molar refractivity (Wildman–Crippen MR) is 97.5 cm³/mol. The van der Waals surface area contributed by atoms with Gasteiger partial charge in [0.1, 0.15) is 5.01 Å². The van der Waals surface area contributed by atoms with E-state index in [0.717, 1.165) is 35.5 Å². The van der Waals surface area contributed by atoms with Gasteiger partial charge >= 0.3 is 0 Å². The van der Waals surface area contributed by atoms with Crippen LogP contribution in [0.5, 0.6) is 11.5 Å². The fourth-order valence-corrected chi connectivity index (χ4v) is 3.77. The number of rotatable bonds is 6. The molecule has 2 heterocycles. The maximum absolute atomic E-state index is 6.24. The van der Waals surface area contributed by atoms with E-state index in [-0.39, 0.29) is 0 Å². The summed E-state index contributed by atoms with van der Waals surface area (Å²) >= 11 is 1.56. The predicted octanol–water partition coefficient (Wildman–Crippen LogP) is 3.14. The zero-order chi connectivity index (χ0) is 18.1. The molecule has 1 saturated carbocycles. The Morgan fingerprint density at radius 1 is 1.19 bits per heavy atom. The van der Waals surface area contributed by atoms with Crippen molar-refractivity contribution < 1.29 is 14.0 Å². The van der Waals surface area contributed by atoms with Crippen molar-refractivity contribution in [3.63, 3.8) is 0 Å². The zero-order valence-electron chi connectivity index (χ0n) is 14.7. The smallest absolute Gasteiger partial charge is 0.232 e. The fraction of sp³-hybridized carbons (Fsp3) is 0.389. The maximum Gasteiger partial charge on any atom is 0.232 e. The Hall–Kier alpha value is -2.45. The lowest BCUT2D eigenvalue weighted by molar-refractivity contribution is 0.229. The van der Waals surface area contributed by atoms with Crippen LogP contribution in [-0.4, -0.2) is 29.3 Å². The van der Waals surface area contributed by atoms with Crippen molar-refractivity contribution in [1.82, 2.24) is 15.1 Å². The summed E-state index contributed by atoms with van der Waals surface area (Å²) in [7, 11) is 3.24. The van der Waals surface area contributed by atoms with Crippen molar-refractivity contribution in [2.24, 2.45) is 5.73 Å². The maximum atomic E-state index is 6.24. The number of hydrogen-bond acceptors (Lipinski definition) is 8. The molecule has 136 valence electrons. The molecule has 2 aromatic heterocycles. The lowest BCUT2D eigenvalue weighted by atomic mass is 9.77. The van der Waals surface area contributed by atoms with Gasteiger partial charge in [0, 0.05) is 10.9 Å². The summed E-state index contributed by atoms with van der Waals surface area (Å²) in [6, 6.07) is 5.75. The van der Waals surface area contributed by atoms with Crippen molar-refractivity contribution in [1.29, 1.82) is 0 Å². The third-order valence-corrected chi connectivity index (χ3v) is 5.61. The van der Waals surface area contributed by atoms with Gasteiger partial charge < -0.3 is 19.7 Å². The number of thiazole rings is 1. The van der Waals surface area contributed by atoms with Crippen molar-refractivity contribution >= 4 is 11.3 Å². The van der Waals surface area contributed by atoms with Gasteiger partial charge in [-0.3, -0.25) is 0 Å². The Morgan fingerprint density at radius 2 is 2.00 bits per heavy atom. The van der Waals surface area contributed by atoms with Crippen LogP contribution in [0.15, 0.2) is 28.1 Å². The van der Waals surface area contributed by atoms with E-state index >= 15 is 0 Å². The van der Waals surface area contributed by atoms with Gasteiger partial charge in [-0.2, -0.15) is 4.98 Å². The van der Waals surface area contributed by atoms with Gasteiger partial charge in [0.2, 0.25) is 5.89 Å². The molecule has 8 heteroatoms. The number of hydrogen-bond donors (Lipinski definition) is 1. The molecule has 2 N–H and O–H groups in total. The molecule has 1 aliphatic rings. The van der Waals surface area contributed by atoms with Gasteiger partial charge in [0.05, 0.1) is 31.9 Å². The molecule has 1 aromatic carbocycles. The van der Waals surface area contributed by atoms with Crippen molar-refractivity contribution in [3.05, 3.63) is 41.0 Å². The van der Waals surface area contributed by atoms with Gasteiger partial charge in [-0.25, -0.2) is 4.98 Å². The number of benzene rings is 1. The average molecular weight is 372 g/mol. The molecule has 0 saturated heterocycles. The standard InChI is InChI=1S/C18H20N4O3S/c1-23-13-5-4-11(8-14(13)24-2)16-20-12(10-26-16)9-15-21-17(22-25-15)18(19)6-3-7-18/h4-5,8,10H,3,6-7,9,19H2,1-2H3. The first-order valence-electron chi connectivity index (χ1n) is 8.40. The third kappa shape index (κ3) is 3.06. The molecule has 0 bridgehead atoms. The van der Waals surface area contributed by atoms with Crippen LogP contribution in [0.1, 0.15) is 36.7 Å². The zero-order valence-corrected chi connectivity index (χ0v) is 15.5. The van der Waals surface area contributed by atoms with E-state index in [1.807, 2.05) is 23.6 Å². The average Bonchev–Trinajstić information content (AvgIpc) is 3.29. The molecule has 4 rings (SSSR count). The molecule has 1 aliphatic carbocycles. The Kier molecular flexibility index (Phi) is 4.37. The van der Waals surface area contributed by atoms with E-state index in [1.165, 1.54) is 0 Å². The summed E-state index contributed by atoms with van der Waals surface area (Å²) in [4.78, 5) is 9.13. The van der Waals surface area contributed by atoms with Crippen LogP contribution < -0.4 is 15.2 Å². The molecule has 0 radical (unpaired) electrons. The quantitative estimate of drug-likeness (QED) is 0.710. The molecule has 26 heavy (non-hydrogen) atoms. The van der Waals surface area contributed by atoms with E-state index in [4.69, 9.17) is 19.7 Å². The number of nitrogens with zero attached hydrogens (tertiary/aromatic N) is 3. The second-order valence-electron chi connectivity index (χ2n) is 6.41. The second kappa shape index (κ2) is 6.69. The van der Waals surface area contributed by atoms with Crippen LogP contribution in [0.25, 0.3) is 10.6 Å². The van der Waals surface area contributed by atoms with Gasteiger partial charge in [0.15, 0.2) is 17.3 Å². The fourth-order valence-electron chi connectivity index (χ4n) is 2.96. The van der Waals surface area contributed by atoms with Crippen molar-refractivity contribution in [2.75, 3.05) is 14.2 Å². The van der Waals surface area contributed by atoms with Crippen LogP contribution in [0.3, 0.4) is 0 Å². The number of aromatic nitrogens is 3. The van der Waals surface area contributed by atoms with Crippen LogP contribution in [0.4, 0.5) is 0 Å². The number of ether oxygens (including phenoxy) is 2. The minimum Gasteiger partial charge on any atom is -0.493 e. The van der Waals surface area contributed by atoms with Crippen LogP contribution >= 0.6 is 11.3 Å². The van der Waals surface area contributed by atoms with Gasteiger partial charge in [-0.15, -0.1) is 11.3 Å². The van der Waals surface area contributed by atoms with Crippen molar-refractivity contribution in [3.8, 4) is 22.1 Å². The summed E-state index contributed by atoms with van der Waals surface area (Å²) in [5.74, 6) is 2.52. The van der Waals surface area contributed by atoms with Crippen LogP contribution in [0, 0.1) is 0 Å². The highest BCUT2D eigenvalue weighted by Gasteiger charge is 2.38. The normalized spacial score (nSPS) is 15.5. The van der Waals surface area contributed by atoms with E-state index in [1.54, 1.807) is 25.6 Å². The third-order valence-electron chi connectivity index (χ3n) is 4.67. The lowest BCUT2D eigenvalue weighted by Crippen LogP contribution is -2.44. The topological polar surface area (TPSA) is 96.3 Å². The first-order valence-corrected chi connectivity index (χ1v) is 9.28. The highest BCUT2D eigenvalue weighted by molar-refractivity contribution is 7.13. The molecule has 0 aliphatic heterocycles.